The number of hydrogen-bond donors (Lipinski definition) is 2. The monoisotopic (exact) mass is 365 g/mol. The molecule has 5 heteroatoms. The third kappa shape index (κ3) is 20.0. The highest BCUT2D eigenvalue weighted by Gasteiger charge is 2.23. The van der Waals surface area contributed by atoms with Gasteiger partial charge >= 0.3 is 0 Å². The lowest BCUT2D eigenvalue weighted by molar-refractivity contribution is -0.0196. The van der Waals surface area contributed by atoms with Crippen molar-refractivity contribution in [3.63, 3.8) is 0 Å². The Morgan fingerprint density at radius 3 is 1.84 bits per heavy atom. The quantitative estimate of drug-likeness (QED) is 0.433. The highest BCUT2D eigenvalue weighted by Crippen LogP contribution is 2.21. The fourth-order valence-corrected chi connectivity index (χ4v) is 2.25. The van der Waals surface area contributed by atoms with Crippen LogP contribution in [0.3, 0.4) is 0 Å². The number of aliphatic hydroxyl groups is 2. The predicted octanol–water partition coefficient (Wildman–Crippen LogP) is 3.72. The van der Waals surface area contributed by atoms with E-state index in [9.17, 15) is 5.11 Å². The van der Waals surface area contributed by atoms with Gasteiger partial charge in [-0.05, 0) is 38.8 Å². The molecule has 0 fully saturated rings. The SMILES string of the molecule is CC.CC.CCN(CC)CCOCCC(O)(CC)CCCOCCO. The average Bonchev–Trinajstić information content (AvgIpc) is 2.68. The molecule has 0 aliphatic rings. The van der Waals surface area contributed by atoms with E-state index in [4.69, 9.17) is 14.6 Å². The van der Waals surface area contributed by atoms with Gasteiger partial charge in [-0.15, -0.1) is 0 Å². The van der Waals surface area contributed by atoms with E-state index in [0.29, 0.717) is 32.7 Å². The lowest BCUT2D eigenvalue weighted by Gasteiger charge is -2.27. The summed E-state index contributed by atoms with van der Waals surface area (Å²) in [5.41, 5.74) is -0.655. The first-order valence-corrected chi connectivity index (χ1v) is 10.3. The van der Waals surface area contributed by atoms with Crippen LogP contribution in [0.4, 0.5) is 0 Å². The van der Waals surface area contributed by atoms with Crippen molar-refractivity contribution in [1.29, 1.82) is 0 Å². The number of nitrogens with zero attached hydrogens (tertiary/aromatic N) is 1. The van der Waals surface area contributed by atoms with Gasteiger partial charge in [0.2, 0.25) is 0 Å². The van der Waals surface area contributed by atoms with Crippen LogP contribution in [0.25, 0.3) is 0 Å². The largest absolute Gasteiger partial charge is 0.394 e. The number of ether oxygens (including phenoxy) is 2. The zero-order chi connectivity index (χ0) is 20.0. The summed E-state index contributed by atoms with van der Waals surface area (Å²) in [5, 5.41) is 19.1. The van der Waals surface area contributed by atoms with Crippen molar-refractivity contribution in [3.05, 3.63) is 0 Å². The van der Waals surface area contributed by atoms with Crippen molar-refractivity contribution in [3.8, 4) is 0 Å². The minimum absolute atomic E-state index is 0.0540. The lowest BCUT2D eigenvalue weighted by Crippen LogP contribution is -2.31. The molecule has 0 saturated heterocycles. The van der Waals surface area contributed by atoms with E-state index < -0.39 is 5.60 Å². The summed E-state index contributed by atoms with van der Waals surface area (Å²) in [4.78, 5) is 2.32. The van der Waals surface area contributed by atoms with Crippen LogP contribution in [-0.2, 0) is 9.47 Å². The first kappa shape index (κ1) is 29.6. The van der Waals surface area contributed by atoms with Crippen LogP contribution < -0.4 is 0 Å². The number of hydrogen-bond acceptors (Lipinski definition) is 5. The molecular formula is C20H47NO4. The van der Waals surface area contributed by atoms with Crippen molar-refractivity contribution in [2.45, 2.75) is 79.8 Å². The molecule has 0 heterocycles. The lowest BCUT2D eigenvalue weighted by atomic mass is 9.91. The molecule has 0 spiro atoms. The summed E-state index contributed by atoms with van der Waals surface area (Å²) < 4.78 is 10.9. The third-order valence-corrected chi connectivity index (χ3v) is 3.98. The maximum atomic E-state index is 10.5. The molecule has 0 rings (SSSR count). The minimum atomic E-state index is -0.655. The zero-order valence-corrected chi connectivity index (χ0v) is 18.1. The second kappa shape index (κ2) is 23.8. The van der Waals surface area contributed by atoms with E-state index in [2.05, 4.69) is 18.7 Å². The third-order valence-electron chi connectivity index (χ3n) is 3.98. The van der Waals surface area contributed by atoms with Crippen LogP contribution in [0.5, 0.6) is 0 Å². The maximum Gasteiger partial charge on any atom is 0.0697 e. The minimum Gasteiger partial charge on any atom is -0.394 e. The van der Waals surface area contributed by atoms with Crippen LogP contribution in [0, 0.1) is 0 Å². The second-order valence-electron chi connectivity index (χ2n) is 5.41. The Hall–Kier alpha value is -0.200. The molecule has 1 unspecified atom stereocenters. The van der Waals surface area contributed by atoms with Crippen LogP contribution >= 0.6 is 0 Å². The first-order chi connectivity index (χ1) is 12.1. The Balaban J connectivity index is -0.00000112. The Kier molecular flexibility index (Phi) is 28.1. The van der Waals surface area contributed by atoms with Crippen LogP contribution in [0.1, 0.15) is 74.1 Å². The topological polar surface area (TPSA) is 62.2 Å². The van der Waals surface area contributed by atoms with Crippen molar-refractivity contribution in [2.24, 2.45) is 0 Å². The molecule has 0 radical (unpaired) electrons. The summed E-state index contributed by atoms with van der Waals surface area (Å²) in [6, 6.07) is 0. The second-order valence-corrected chi connectivity index (χ2v) is 5.41. The van der Waals surface area contributed by atoms with Gasteiger partial charge in [-0.1, -0.05) is 48.5 Å². The van der Waals surface area contributed by atoms with Gasteiger partial charge in [-0.2, -0.15) is 0 Å². The van der Waals surface area contributed by atoms with Crippen LogP contribution in [0.15, 0.2) is 0 Å². The molecule has 0 aromatic rings. The maximum absolute atomic E-state index is 10.5. The summed E-state index contributed by atoms with van der Waals surface area (Å²) in [5.74, 6) is 0. The number of aliphatic hydroxyl groups excluding tert-OH is 1. The fraction of sp³-hybridized carbons (Fsp3) is 1.00. The average molecular weight is 366 g/mol. The van der Waals surface area contributed by atoms with E-state index in [-0.39, 0.29) is 6.61 Å². The van der Waals surface area contributed by atoms with Crippen LogP contribution in [-0.4, -0.2) is 73.4 Å². The van der Waals surface area contributed by atoms with E-state index >= 15 is 0 Å². The molecule has 2 N–H and O–H groups in total. The molecule has 25 heavy (non-hydrogen) atoms. The summed E-state index contributed by atoms with van der Waals surface area (Å²) in [7, 11) is 0. The molecule has 5 nitrogen and oxygen atoms in total. The van der Waals surface area contributed by atoms with E-state index in [0.717, 1.165) is 39.1 Å². The van der Waals surface area contributed by atoms with Gasteiger partial charge in [0.25, 0.3) is 0 Å². The first-order valence-electron chi connectivity index (χ1n) is 10.3. The molecular weight excluding hydrogens is 318 g/mol. The zero-order valence-electron chi connectivity index (χ0n) is 18.1. The normalized spacial score (nSPS) is 12.7. The van der Waals surface area contributed by atoms with E-state index in [1.54, 1.807) is 0 Å². The molecule has 0 aromatic carbocycles. The molecule has 0 aromatic heterocycles. The van der Waals surface area contributed by atoms with Gasteiger partial charge in [0.15, 0.2) is 0 Å². The number of likely N-dealkylation sites (N-methyl/N-ethyl adjacent to an activating group) is 1. The van der Waals surface area contributed by atoms with Gasteiger partial charge in [-0.25, -0.2) is 0 Å². The van der Waals surface area contributed by atoms with Crippen molar-refractivity contribution < 1.29 is 19.7 Å². The number of rotatable bonds is 15. The Labute approximate surface area is 157 Å². The Bertz CT molecular complexity index is 226. The van der Waals surface area contributed by atoms with Gasteiger partial charge < -0.3 is 24.6 Å². The molecule has 0 aliphatic heterocycles. The standard InChI is InChI=1S/C16H35NO4.2C2H6/c1-4-16(19,8-7-12-20-15-11-18)9-13-21-14-10-17(5-2)6-3;2*1-2/h18-19H,4-15H2,1-3H3;2*1-2H3. The molecule has 1 atom stereocenters. The van der Waals surface area contributed by atoms with Crippen LogP contribution in [0.2, 0.25) is 0 Å². The molecule has 0 saturated carbocycles. The van der Waals surface area contributed by atoms with Gasteiger partial charge in [0.05, 0.1) is 25.4 Å². The molecule has 156 valence electrons. The predicted molar refractivity (Wildman–Crippen MR) is 108 cm³/mol. The summed E-state index contributed by atoms with van der Waals surface area (Å²) in [6.07, 6.45) is 2.92. The van der Waals surface area contributed by atoms with Gasteiger partial charge in [0.1, 0.15) is 0 Å². The highest BCUT2D eigenvalue weighted by atomic mass is 16.5. The van der Waals surface area contributed by atoms with E-state index in [1.807, 2.05) is 34.6 Å². The van der Waals surface area contributed by atoms with Crippen molar-refractivity contribution in [2.75, 3.05) is 52.7 Å². The van der Waals surface area contributed by atoms with E-state index in [1.165, 1.54) is 0 Å². The molecule has 0 bridgehead atoms. The Morgan fingerprint density at radius 2 is 1.36 bits per heavy atom. The molecule has 0 amide bonds. The van der Waals surface area contributed by atoms with Crippen molar-refractivity contribution in [1.82, 2.24) is 4.90 Å². The highest BCUT2D eigenvalue weighted by molar-refractivity contribution is 4.76. The van der Waals surface area contributed by atoms with Crippen molar-refractivity contribution >= 4 is 0 Å². The van der Waals surface area contributed by atoms with Gasteiger partial charge in [0, 0.05) is 19.8 Å². The van der Waals surface area contributed by atoms with Gasteiger partial charge in [-0.3, -0.25) is 0 Å². The smallest absolute Gasteiger partial charge is 0.0697 e. The summed E-state index contributed by atoms with van der Waals surface area (Å²) >= 11 is 0. The molecule has 0 aliphatic carbocycles. The fourth-order valence-electron chi connectivity index (χ4n) is 2.25. The summed E-state index contributed by atoms with van der Waals surface area (Å²) in [6.45, 7) is 19.7. The Morgan fingerprint density at radius 1 is 0.800 bits per heavy atom.